The number of aryl methyl sites for hydroxylation is 1. The van der Waals surface area contributed by atoms with E-state index < -0.39 is 5.41 Å². The van der Waals surface area contributed by atoms with Crippen molar-refractivity contribution in [2.24, 2.45) is 7.05 Å². The van der Waals surface area contributed by atoms with E-state index in [-0.39, 0.29) is 0 Å². The molecule has 3 aromatic carbocycles. The van der Waals surface area contributed by atoms with Crippen molar-refractivity contribution in [3.63, 3.8) is 0 Å². The maximum atomic E-state index is 3.59. The first-order valence-electron chi connectivity index (χ1n) is 8.87. The number of aromatic nitrogens is 1. The number of hydrogen-bond acceptors (Lipinski definition) is 0. The van der Waals surface area contributed by atoms with Crippen molar-refractivity contribution in [2.45, 2.75) is 12.3 Å². The number of benzene rings is 3. The lowest BCUT2D eigenvalue weighted by Crippen LogP contribution is -2.21. The van der Waals surface area contributed by atoms with Crippen LogP contribution in [0.2, 0.25) is 0 Å². The van der Waals surface area contributed by atoms with Crippen LogP contribution in [0.25, 0.3) is 10.9 Å². The van der Waals surface area contributed by atoms with Gasteiger partial charge in [-0.15, -0.1) is 0 Å². The van der Waals surface area contributed by atoms with Crippen LogP contribution in [0, 0.1) is 11.8 Å². The fourth-order valence-corrected chi connectivity index (χ4v) is 3.53. The summed E-state index contributed by atoms with van der Waals surface area (Å²) in [6.07, 6.45) is 2.22. The normalized spacial score (nSPS) is 13.0. The molecule has 1 atom stereocenters. The number of para-hydroxylation sites is 1. The van der Waals surface area contributed by atoms with Crippen LogP contribution in [0.3, 0.4) is 0 Å². The minimum atomic E-state index is -0.391. The molecule has 126 valence electrons. The zero-order valence-corrected chi connectivity index (χ0v) is 15.1. The Morgan fingerprint density at radius 3 is 2.12 bits per heavy atom. The molecule has 0 saturated heterocycles. The Morgan fingerprint density at radius 2 is 1.38 bits per heavy atom. The molecule has 1 aromatic heterocycles. The second-order valence-corrected chi connectivity index (χ2v) is 6.78. The summed E-state index contributed by atoms with van der Waals surface area (Å²) >= 11 is 0. The molecule has 0 aliphatic carbocycles. The van der Waals surface area contributed by atoms with Gasteiger partial charge in [0.25, 0.3) is 0 Å². The topological polar surface area (TPSA) is 4.93 Å². The second kappa shape index (κ2) is 6.58. The zero-order chi connectivity index (χ0) is 18.0. The Kier molecular flexibility index (Phi) is 4.11. The molecular formula is C25H21N. The fourth-order valence-electron chi connectivity index (χ4n) is 3.53. The van der Waals surface area contributed by atoms with E-state index in [0.717, 1.165) is 5.56 Å². The molecule has 0 fully saturated rings. The molecule has 1 heteroatoms. The summed E-state index contributed by atoms with van der Waals surface area (Å²) in [5.41, 5.74) is 4.32. The van der Waals surface area contributed by atoms with Crippen LogP contribution in [-0.4, -0.2) is 4.57 Å². The lowest BCUT2D eigenvalue weighted by molar-refractivity contribution is 0.754. The standard InChI is InChI=1S/C25H21N/c1-25(21-13-7-4-8-14-21,18-17-20-11-5-3-6-12-20)23-19-26(2)24-16-10-9-15-22(23)24/h3-16,19H,1-2H3. The van der Waals surface area contributed by atoms with Crippen LogP contribution in [-0.2, 0) is 12.5 Å². The molecule has 0 amide bonds. The Hall–Kier alpha value is -3.24. The highest BCUT2D eigenvalue weighted by Crippen LogP contribution is 2.37. The Labute approximate surface area is 154 Å². The number of rotatable bonds is 2. The lowest BCUT2D eigenvalue weighted by atomic mass is 9.76. The van der Waals surface area contributed by atoms with Crippen LogP contribution in [0.1, 0.15) is 23.6 Å². The SMILES string of the molecule is Cn1cc(C(C)(C#Cc2ccccc2)c2ccccc2)c2ccccc21. The maximum absolute atomic E-state index is 3.59. The van der Waals surface area contributed by atoms with Crippen molar-refractivity contribution in [1.82, 2.24) is 4.57 Å². The van der Waals surface area contributed by atoms with E-state index in [9.17, 15) is 0 Å². The number of hydrogen-bond donors (Lipinski definition) is 0. The van der Waals surface area contributed by atoms with Gasteiger partial charge < -0.3 is 4.57 Å². The quantitative estimate of drug-likeness (QED) is 0.424. The fraction of sp³-hybridized carbons (Fsp3) is 0.120. The van der Waals surface area contributed by atoms with Gasteiger partial charge in [0.1, 0.15) is 0 Å². The highest BCUT2D eigenvalue weighted by Gasteiger charge is 2.30. The van der Waals surface area contributed by atoms with Gasteiger partial charge in [0, 0.05) is 29.7 Å². The van der Waals surface area contributed by atoms with Crippen molar-refractivity contribution < 1.29 is 0 Å². The monoisotopic (exact) mass is 335 g/mol. The van der Waals surface area contributed by atoms with E-state index in [2.05, 4.69) is 103 Å². The van der Waals surface area contributed by atoms with Gasteiger partial charge >= 0.3 is 0 Å². The van der Waals surface area contributed by atoms with E-state index in [1.54, 1.807) is 0 Å². The summed E-state index contributed by atoms with van der Waals surface area (Å²) in [7, 11) is 2.10. The second-order valence-electron chi connectivity index (χ2n) is 6.78. The van der Waals surface area contributed by atoms with E-state index in [1.807, 2.05) is 18.2 Å². The summed E-state index contributed by atoms with van der Waals surface area (Å²) < 4.78 is 2.19. The summed E-state index contributed by atoms with van der Waals surface area (Å²) in [5, 5.41) is 1.25. The minimum Gasteiger partial charge on any atom is -0.350 e. The van der Waals surface area contributed by atoms with E-state index in [4.69, 9.17) is 0 Å². The van der Waals surface area contributed by atoms with Gasteiger partial charge in [0.2, 0.25) is 0 Å². The van der Waals surface area contributed by atoms with Gasteiger partial charge in [-0.1, -0.05) is 78.6 Å². The molecule has 0 saturated carbocycles. The first kappa shape index (κ1) is 16.2. The van der Waals surface area contributed by atoms with Gasteiger partial charge in [-0.3, -0.25) is 0 Å². The van der Waals surface area contributed by atoms with E-state index in [0.29, 0.717) is 0 Å². The van der Waals surface area contributed by atoms with Gasteiger partial charge in [0.05, 0.1) is 5.41 Å². The summed E-state index contributed by atoms with van der Waals surface area (Å²) in [4.78, 5) is 0. The summed E-state index contributed by atoms with van der Waals surface area (Å²) in [5.74, 6) is 6.98. The first-order valence-corrected chi connectivity index (χ1v) is 8.87. The predicted molar refractivity (Wildman–Crippen MR) is 109 cm³/mol. The van der Waals surface area contributed by atoms with E-state index in [1.165, 1.54) is 22.0 Å². The predicted octanol–water partition coefficient (Wildman–Crippen LogP) is 5.54. The smallest absolute Gasteiger partial charge is 0.0808 e. The van der Waals surface area contributed by atoms with Crippen LogP contribution in [0.15, 0.2) is 91.1 Å². The molecule has 4 aromatic rings. The van der Waals surface area contributed by atoms with Gasteiger partial charge in [0.15, 0.2) is 0 Å². The minimum absolute atomic E-state index is 0.391. The van der Waals surface area contributed by atoms with Crippen molar-refractivity contribution in [3.05, 3.63) is 108 Å². The average molecular weight is 335 g/mol. The maximum Gasteiger partial charge on any atom is 0.0808 e. The molecule has 0 spiro atoms. The molecule has 1 nitrogen and oxygen atoms in total. The molecule has 1 heterocycles. The number of nitrogens with zero attached hydrogens (tertiary/aromatic N) is 1. The third kappa shape index (κ3) is 2.80. The zero-order valence-electron chi connectivity index (χ0n) is 15.1. The van der Waals surface area contributed by atoms with Crippen molar-refractivity contribution in [2.75, 3.05) is 0 Å². The largest absolute Gasteiger partial charge is 0.350 e. The average Bonchev–Trinajstić information content (AvgIpc) is 3.05. The third-order valence-electron chi connectivity index (χ3n) is 5.02. The molecule has 1 unspecified atom stereocenters. The molecule has 0 bridgehead atoms. The Balaban J connectivity index is 1.96. The number of fused-ring (bicyclic) bond motifs is 1. The van der Waals surface area contributed by atoms with Crippen LogP contribution in [0.5, 0.6) is 0 Å². The molecule has 0 aliphatic rings. The highest BCUT2D eigenvalue weighted by molar-refractivity contribution is 5.86. The molecule has 4 rings (SSSR count). The van der Waals surface area contributed by atoms with Crippen molar-refractivity contribution in [3.8, 4) is 11.8 Å². The van der Waals surface area contributed by atoms with Crippen molar-refractivity contribution in [1.29, 1.82) is 0 Å². The summed E-state index contributed by atoms with van der Waals surface area (Å²) in [6.45, 7) is 2.22. The molecule has 26 heavy (non-hydrogen) atoms. The van der Waals surface area contributed by atoms with Crippen molar-refractivity contribution >= 4 is 10.9 Å². The van der Waals surface area contributed by atoms with Crippen LogP contribution in [0.4, 0.5) is 0 Å². The van der Waals surface area contributed by atoms with Gasteiger partial charge in [-0.05, 0) is 36.2 Å². The summed E-state index contributed by atoms with van der Waals surface area (Å²) in [6, 6.07) is 29.3. The van der Waals surface area contributed by atoms with Crippen LogP contribution < -0.4 is 0 Å². The lowest BCUT2D eigenvalue weighted by Gasteiger charge is -2.24. The molecular weight excluding hydrogens is 314 g/mol. The molecule has 0 aliphatic heterocycles. The molecule has 0 radical (unpaired) electrons. The van der Waals surface area contributed by atoms with Gasteiger partial charge in [-0.25, -0.2) is 0 Å². The van der Waals surface area contributed by atoms with Gasteiger partial charge in [-0.2, -0.15) is 0 Å². The Morgan fingerprint density at radius 1 is 0.769 bits per heavy atom. The first-order chi connectivity index (χ1) is 12.7. The highest BCUT2D eigenvalue weighted by atomic mass is 14.9. The molecule has 0 N–H and O–H groups in total. The Bertz CT molecular complexity index is 1090. The van der Waals surface area contributed by atoms with E-state index >= 15 is 0 Å². The van der Waals surface area contributed by atoms with Crippen LogP contribution >= 0.6 is 0 Å². The third-order valence-corrected chi connectivity index (χ3v) is 5.02.